The topological polar surface area (TPSA) is 52.7 Å². The van der Waals surface area contributed by atoms with Gasteiger partial charge in [0.2, 0.25) is 0 Å². The van der Waals surface area contributed by atoms with Gasteiger partial charge in [-0.25, -0.2) is 0 Å². The van der Waals surface area contributed by atoms with Gasteiger partial charge in [-0.2, -0.15) is 0 Å². The Balaban J connectivity index is 1.79. The van der Waals surface area contributed by atoms with Gasteiger partial charge in [-0.05, 0) is 106 Å². The number of anilines is 2. The average Bonchev–Trinajstić information content (AvgIpc) is 2.72. The number of aryl methyl sites for hydroxylation is 1. The highest BCUT2D eigenvalue weighted by molar-refractivity contribution is 9.10. The number of nitrogens with one attached hydrogen (secondary N) is 1. The first-order valence-electron chi connectivity index (χ1n) is 10.8. The molecule has 1 N–H and O–H groups in total. The first-order valence-corrected chi connectivity index (χ1v) is 12.0. The Morgan fingerprint density at radius 2 is 1.79 bits per heavy atom. The zero-order chi connectivity index (χ0) is 24.1. The van der Waals surface area contributed by atoms with Crippen LogP contribution in [0.3, 0.4) is 0 Å². The molecule has 7 heteroatoms. The molecule has 2 amide bonds. The molecular weight excluding hydrogens is 498 g/mol. The van der Waals surface area contributed by atoms with Crippen LogP contribution in [0, 0.1) is 6.92 Å². The molecular formula is C26H26BrN3O2S. The number of thiocarbonyl (C=S) groups is 1. The summed E-state index contributed by atoms with van der Waals surface area (Å²) in [6.45, 7) is 11.5. The fourth-order valence-corrected chi connectivity index (χ4v) is 5.16. The van der Waals surface area contributed by atoms with Crippen molar-refractivity contribution in [2.24, 2.45) is 0 Å². The SMILES string of the molecule is CCN1c2cc(C)c(/C=C3\C(=O)NC(=S)N(c4ccc(Br)cc4)C3=O)cc2C(C)=CC1(C)C. The minimum absolute atomic E-state index is 0.0553. The second-order valence-corrected chi connectivity index (χ2v) is 10.2. The van der Waals surface area contributed by atoms with Crippen molar-refractivity contribution in [3.05, 3.63) is 69.2 Å². The van der Waals surface area contributed by atoms with Crippen molar-refractivity contribution in [1.29, 1.82) is 0 Å². The molecule has 0 bridgehead atoms. The number of hydrogen-bond acceptors (Lipinski definition) is 4. The van der Waals surface area contributed by atoms with Crippen molar-refractivity contribution in [2.45, 2.75) is 40.2 Å². The number of halogens is 1. The minimum Gasteiger partial charge on any atom is -0.363 e. The molecule has 33 heavy (non-hydrogen) atoms. The predicted octanol–water partition coefficient (Wildman–Crippen LogP) is 5.61. The van der Waals surface area contributed by atoms with E-state index in [1.807, 2.05) is 19.1 Å². The number of fused-ring (bicyclic) bond motifs is 1. The monoisotopic (exact) mass is 523 g/mol. The summed E-state index contributed by atoms with van der Waals surface area (Å²) in [4.78, 5) is 29.8. The van der Waals surface area contributed by atoms with Gasteiger partial charge in [-0.1, -0.05) is 22.0 Å². The van der Waals surface area contributed by atoms with E-state index in [1.165, 1.54) is 16.2 Å². The van der Waals surface area contributed by atoms with Crippen molar-refractivity contribution in [3.63, 3.8) is 0 Å². The lowest BCUT2D eigenvalue weighted by Crippen LogP contribution is -2.54. The fourth-order valence-electron chi connectivity index (χ4n) is 4.62. The highest BCUT2D eigenvalue weighted by Crippen LogP contribution is 2.40. The van der Waals surface area contributed by atoms with Gasteiger partial charge >= 0.3 is 0 Å². The van der Waals surface area contributed by atoms with E-state index in [9.17, 15) is 9.59 Å². The zero-order valence-corrected chi connectivity index (χ0v) is 21.7. The highest BCUT2D eigenvalue weighted by atomic mass is 79.9. The first kappa shape index (κ1) is 23.4. The average molecular weight is 524 g/mol. The van der Waals surface area contributed by atoms with E-state index in [-0.39, 0.29) is 16.2 Å². The van der Waals surface area contributed by atoms with Crippen LogP contribution in [0.1, 0.15) is 44.4 Å². The Morgan fingerprint density at radius 1 is 1.12 bits per heavy atom. The molecule has 1 fully saturated rings. The van der Waals surface area contributed by atoms with Crippen molar-refractivity contribution in [2.75, 3.05) is 16.3 Å². The number of nitrogens with zero attached hydrogens (tertiary/aromatic N) is 2. The lowest BCUT2D eigenvalue weighted by Gasteiger charge is -2.43. The van der Waals surface area contributed by atoms with Crippen LogP contribution in [-0.4, -0.2) is 29.0 Å². The van der Waals surface area contributed by atoms with Gasteiger partial charge in [0.25, 0.3) is 11.8 Å². The van der Waals surface area contributed by atoms with E-state index in [4.69, 9.17) is 12.2 Å². The largest absolute Gasteiger partial charge is 0.363 e. The molecule has 2 aliphatic rings. The van der Waals surface area contributed by atoms with Crippen LogP contribution in [0.5, 0.6) is 0 Å². The van der Waals surface area contributed by atoms with E-state index < -0.39 is 11.8 Å². The number of allylic oxidation sites excluding steroid dienone is 1. The molecule has 0 aliphatic carbocycles. The smallest absolute Gasteiger partial charge is 0.270 e. The molecule has 0 radical (unpaired) electrons. The molecule has 0 atom stereocenters. The molecule has 2 heterocycles. The van der Waals surface area contributed by atoms with E-state index in [0.717, 1.165) is 27.7 Å². The number of likely N-dealkylation sites (N-methyl/N-ethyl adjacent to an activating group) is 1. The summed E-state index contributed by atoms with van der Waals surface area (Å²) in [5.41, 5.74) is 5.85. The summed E-state index contributed by atoms with van der Waals surface area (Å²) >= 11 is 8.70. The molecule has 0 saturated carbocycles. The van der Waals surface area contributed by atoms with E-state index in [2.05, 4.69) is 72.1 Å². The molecule has 170 valence electrons. The molecule has 0 unspecified atom stereocenters. The minimum atomic E-state index is -0.487. The van der Waals surface area contributed by atoms with Crippen molar-refractivity contribution in [3.8, 4) is 0 Å². The molecule has 0 spiro atoms. The van der Waals surface area contributed by atoms with E-state index in [1.54, 1.807) is 18.2 Å². The molecule has 2 aliphatic heterocycles. The quantitative estimate of drug-likeness (QED) is 0.322. The van der Waals surface area contributed by atoms with Crippen LogP contribution in [0.4, 0.5) is 11.4 Å². The predicted molar refractivity (Wildman–Crippen MR) is 142 cm³/mol. The summed E-state index contributed by atoms with van der Waals surface area (Å²) in [7, 11) is 0. The standard InChI is InChI=1S/C26H26BrN3O2S/c1-6-29-22-11-15(2)17(12-20(22)16(3)14-26(29,4)5)13-21-23(31)28-25(33)30(24(21)32)19-9-7-18(27)8-10-19/h7-14H,6H2,1-5H3,(H,28,31,33)/b21-13+. The summed E-state index contributed by atoms with van der Waals surface area (Å²) in [6, 6.07) is 11.4. The number of benzene rings is 2. The van der Waals surface area contributed by atoms with Crippen molar-refractivity contribution < 1.29 is 9.59 Å². The lowest BCUT2D eigenvalue weighted by atomic mass is 9.86. The normalized spacial score (nSPS) is 18.9. The molecule has 5 nitrogen and oxygen atoms in total. The van der Waals surface area contributed by atoms with Gasteiger partial charge in [0.15, 0.2) is 5.11 Å². The molecule has 2 aromatic carbocycles. The maximum Gasteiger partial charge on any atom is 0.270 e. The maximum absolute atomic E-state index is 13.4. The van der Waals surface area contributed by atoms with Gasteiger partial charge in [-0.3, -0.25) is 19.8 Å². The summed E-state index contributed by atoms with van der Waals surface area (Å²) < 4.78 is 0.888. The van der Waals surface area contributed by atoms with Crippen LogP contribution in [-0.2, 0) is 9.59 Å². The third-order valence-corrected chi connectivity index (χ3v) is 6.98. The Hall–Kier alpha value is -2.77. The van der Waals surface area contributed by atoms with Crippen LogP contribution in [0.15, 0.2) is 52.5 Å². The summed E-state index contributed by atoms with van der Waals surface area (Å²) in [6.07, 6.45) is 3.93. The maximum atomic E-state index is 13.4. The van der Waals surface area contributed by atoms with Crippen LogP contribution in [0.25, 0.3) is 11.6 Å². The molecule has 1 saturated heterocycles. The zero-order valence-electron chi connectivity index (χ0n) is 19.3. The van der Waals surface area contributed by atoms with Gasteiger partial charge in [0, 0.05) is 22.3 Å². The third kappa shape index (κ3) is 4.15. The van der Waals surface area contributed by atoms with E-state index >= 15 is 0 Å². The second kappa shape index (κ2) is 8.54. The first-order chi connectivity index (χ1) is 15.5. The summed E-state index contributed by atoms with van der Waals surface area (Å²) in [5.74, 6) is -0.925. The Morgan fingerprint density at radius 3 is 2.42 bits per heavy atom. The number of carbonyl (C=O) groups excluding carboxylic acids is 2. The lowest BCUT2D eigenvalue weighted by molar-refractivity contribution is -0.122. The number of hydrogen-bond donors (Lipinski definition) is 1. The molecule has 4 rings (SSSR count). The number of amides is 2. The third-order valence-electron chi connectivity index (χ3n) is 6.17. The van der Waals surface area contributed by atoms with Crippen molar-refractivity contribution >= 4 is 68.1 Å². The van der Waals surface area contributed by atoms with Crippen LogP contribution < -0.4 is 15.1 Å². The van der Waals surface area contributed by atoms with E-state index in [0.29, 0.717) is 5.69 Å². The number of rotatable bonds is 3. The summed E-state index contributed by atoms with van der Waals surface area (Å²) in [5, 5.41) is 2.73. The molecule has 0 aromatic heterocycles. The highest BCUT2D eigenvalue weighted by Gasteiger charge is 2.35. The van der Waals surface area contributed by atoms with Gasteiger partial charge in [0.05, 0.1) is 11.2 Å². The molecule has 2 aromatic rings. The van der Waals surface area contributed by atoms with Gasteiger partial charge in [0.1, 0.15) is 5.57 Å². The second-order valence-electron chi connectivity index (χ2n) is 8.89. The van der Waals surface area contributed by atoms with Crippen LogP contribution >= 0.6 is 28.1 Å². The van der Waals surface area contributed by atoms with Gasteiger partial charge in [-0.15, -0.1) is 0 Å². The van der Waals surface area contributed by atoms with Crippen molar-refractivity contribution in [1.82, 2.24) is 5.32 Å². The van der Waals surface area contributed by atoms with Gasteiger partial charge < -0.3 is 4.90 Å². The fraction of sp³-hybridized carbons (Fsp3) is 0.269. The Kier molecular flexibility index (Phi) is 6.05. The van der Waals surface area contributed by atoms with Crippen LogP contribution in [0.2, 0.25) is 0 Å². The number of carbonyl (C=O) groups is 2. The Labute approximate surface area is 208 Å². The Bertz CT molecular complexity index is 1240.